The molecule has 0 saturated carbocycles. The molecule has 37 heavy (non-hydrogen) atoms. The summed E-state index contributed by atoms with van der Waals surface area (Å²) in [6.07, 6.45) is 0.674. The second kappa shape index (κ2) is 9.86. The quantitative estimate of drug-likeness (QED) is 0.425. The Bertz CT molecular complexity index is 1550. The van der Waals surface area contributed by atoms with Gasteiger partial charge in [-0.05, 0) is 78.4 Å². The van der Waals surface area contributed by atoms with Crippen LogP contribution in [0.3, 0.4) is 0 Å². The second-order valence-electron chi connectivity index (χ2n) is 9.40. The molecule has 8 nitrogen and oxygen atoms in total. The monoisotopic (exact) mass is 493 g/mol. The lowest BCUT2D eigenvalue weighted by molar-refractivity contribution is -0.137. The van der Waals surface area contributed by atoms with Crippen molar-refractivity contribution in [3.63, 3.8) is 0 Å². The van der Waals surface area contributed by atoms with E-state index < -0.39 is 5.97 Å². The molecule has 1 unspecified atom stereocenters. The van der Waals surface area contributed by atoms with Crippen LogP contribution in [0.25, 0.3) is 11.0 Å². The molecular weight excluding hydrogens is 466 g/mol. The van der Waals surface area contributed by atoms with E-state index in [0.717, 1.165) is 39.7 Å². The van der Waals surface area contributed by atoms with Gasteiger partial charge in [-0.3, -0.25) is 9.59 Å². The largest absolute Gasteiger partial charge is 0.481 e. The second-order valence-corrected chi connectivity index (χ2v) is 9.40. The van der Waals surface area contributed by atoms with Gasteiger partial charge in [0.05, 0.1) is 23.6 Å². The van der Waals surface area contributed by atoms with Crippen molar-refractivity contribution in [3.8, 4) is 6.07 Å². The standard InChI is InChI=1S/C29H27N5O3/c1-3-34-26-11-10-24(18(2)28(26)31-32-34)25(15-27(35)36)22-9-8-20-12-13-33(17-23(20)14-22)29(37)21-6-4-19(16-30)5-7-21/h4-11,14,25H,3,12-13,15,17H2,1-2H3,(H,35,36). The summed E-state index contributed by atoms with van der Waals surface area (Å²) in [5.41, 5.74) is 7.72. The lowest BCUT2D eigenvalue weighted by Gasteiger charge is -2.30. The average Bonchev–Trinajstić information content (AvgIpc) is 3.35. The first-order valence-electron chi connectivity index (χ1n) is 12.3. The Balaban J connectivity index is 1.48. The molecule has 186 valence electrons. The van der Waals surface area contributed by atoms with E-state index in [0.29, 0.717) is 30.8 Å². The molecule has 1 N–H and O–H groups in total. The number of aliphatic carboxylic acids is 1. The van der Waals surface area contributed by atoms with E-state index in [1.54, 1.807) is 29.2 Å². The van der Waals surface area contributed by atoms with Crippen molar-refractivity contribution in [1.29, 1.82) is 5.26 Å². The zero-order valence-corrected chi connectivity index (χ0v) is 20.8. The highest BCUT2D eigenvalue weighted by molar-refractivity contribution is 5.94. The van der Waals surface area contributed by atoms with Crippen LogP contribution in [-0.2, 0) is 24.3 Å². The van der Waals surface area contributed by atoms with Crippen molar-refractivity contribution in [1.82, 2.24) is 19.9 Å². The fraction of sp³-hybridized carbons (Fsp3) is 0.276. The van der Waals surface area contributed by atoms with Gasteiger partial charge in [-0.15, -0.1) is 5.10 Å². The number of carboxylic acid groups (broad SMARTS) is 1. The molecule has 0 spiro atoms. The summed E-state index contributed by atoms with van der Waals surface area (Å²) in [6, 6.07) is 18.8. The van der Waals surface area contributed by atoms with Crippen molar-refractivity contribution < 1.29 is 14.7 Å². The molecule has 1 aliphatic heterocycles. The number of carbonyl (C=O) groups excluding carboxylic acids is 1. The Kier molecular flexibility index (Phi) is 6.45. The summed E-state index contributed by atoms with van der Waals surface area (Å²) in [4.78, 5) is 26.9. The summed E-state index contributed by atoms with van der Waals surface area (Å²) < 4.78 is 1.83. The number of carbonyl (C=O) groups is 2. The molecule has 0 radical (unpaired) electrons. The number of carboxylic acids is 1. The average molecular weight is 494 g/mol. The third-order valence-electron chi connectivity index (χ3n) is 7.23. The Morgan fingerprint density at radius 2 is 1.89 bits per heavy atom. The van der Waals surface area contributed by atoms with Gasteiger partial charge in [-0.25, -0.2) is 4.68 Å². The number of fused-ring (bicyclic) bond motifs is 2. The molecule has 1 aromatic heterocycles. The van der Waals surface area contributed by atoms with Crippen molar-refractivity contribution in [2.45, 2.75) is 45.7 Å². The minimum Gasteiger partial charge on any atom is -0.481 e. The van der Waals surface area contributed by atoms with Gasteiger partial charge < -0.3 is 10.0 Å². The lowest BCUT2D eigenvalue weighted by Crippen LogP contribution is -2.36. The summed E-state index contributed by atoms with van der Waals surface area (Å²) in [7, 11) is 0. The Labute approximate surface area is 214 Å². The van der Waals surface area contributed by atoms with E-state index in [1.807, 2.05) is 42.8 Å². The number of amides is 1. The molecular formula is C29H27N5O3. The first kappa shape index (κ1) is 24.2. The molecule has 5 rings (SSSR count). The van der Waals surface area contributed by atoms with Crippen molar-refractivity contribution >= 4 is 22.9 Å². The highest BCUT2D eigenvalue weighted by Gasteiger charge is 2.26. The smallest absolute Gasteiger partial charge is 0.304 e. The number of nitrogens with zero attached hydrogens (tertiary/aromatic N) is 5. The summed E-state index contributed by atoms with van der Waals surface area (Å²) in [5, 5.41) is 27.4. The van der Waals surface area contributed by atoms with Crippen LogP contribution in [0.1, 0.15) is 63.0 Å². The van der Waals surface area contributed by atoms with Gasteiger partial charge in [0, 0.05) is 31.1 Å². The third-order valence-corrected chi connectivity index (χ3v) is 7.23. The van der Waals surface area contributed by atoms with Crippen LogP contribution >= 0.6 is 0 Å². The number of benzene rings is 3. The van der Waals surface area contributed by atoms with Gasteiger partial charge in [-0.2, -0.15) is 5.26 Å². The van der Waals surface area contributed by atoms with Crippen molar-refractivity contribution in [3.05, 3.63) is 93.5 Å². The van der Waals surface area contributed by atoms with Crippen LogP contribution in [0.4, 0.5) is 0 Å². The molecule has 4 aromatic rings. The van der Waals surface area contributed by atoms with Gasteiger partial charge in [0.15, 0.2) is 0 Å². The van der Waals surface area contributed by atoms with Gasteiger partial charge in [0.25, 0.3) is 5.91 Å². The maximum atomic E-state index is 13.1. The summed E-state index contributed by atoms with van der Waals surface area (Å²) >= 11 is 0. The third kappa shape index (κ3) is 4.56. The maximum absolute atomic E-state index is 13.1. The van der Waals surface area contributed by atoms with E-state index in [1.165, 1.54) is 5.56 Å². The number of aryl methyl sites for hydroxylation is 2. The van der Waals surface area contributed by atoms with Gasteiger partial charge in [-0.1, -0.05) is 29.5 Å². The lowest BCUT2D eigenvalue weighted by atomic mass is 9.83. The highest BCUT2D eigenvalue weighted by atomic mass is 16.4. The van der Waals surface area contributed by atoms with Gasteiger partial charge >= 0.3 is 5.97 Å². The number of rotatable bonds is 6. The number of nitriles is 1. The molecule has 1 amide bonds. The predicted molar refractivity (Wildman–Crippen MR) is 138 cm³/mol. The van der Waals surface area contributed by atoms with Crippen LogP contribution in [0, 0.1) is 18.3 Å². The predicted octanol–water partition coefficient (Wildman–Crippen LogP) is 4.44. The zero-order valence-electron chi connectivity index (χ0n) is 20.8. The molecule has 0 saturated heterocycles. The van der Waals surface area contributed by atoms with Crippen LogP contribution in [0.15, 0.2) is 54.6 Å². The van der Waals surface area contributed by atoms with Crippen molar-refractivity contribution in [2.24, 2.45) is 0 Å². The fourth-order valence-corrected chi connectivity index (χ4v) is 5.21. The molecule has 0 bridgehead atoms. The molecule has 3 aromatic carbocycles. The minimum atomic E-state index is -0.878. The van der Waals surface area contributed by atoms with Crippen LogP contribution in [-0.4, -0.2) is 43.4 Å². The van der Waals surface area contributed by atoms with Crippen molar-refractivity contribution in [2.75, 3.05) is 6.54 Å². The zero-order chi connectivity index (χ0) is 26.1. The molecule has 0 fully saturated rings. The maximum Gasteiger partial charge on any atom is 0.304 e. The highest BCUT2D eigenvalue weighted by Crippen LogP contribution is 2.35. The van der Waals surface area contributed by atoms with Crippen LogP contribution in [0.2, 0.25) is 0 Å². The number of aromatic nitrogens is 3. The number of hydrogen-bond donors (Lipinski definition) is 1. The number of hydrogen-bond acceptors (Lipinski definition) is 5. The molecule has 1 aliphatic rings. The van der Waals surface area contributed by atoms with Crippen LogP contribution in [0.5, 0.6) is 0 Å². The Morgan fingerprint density at radius 3 is 2.59 bits per heavy atom. The topological polar surface area (TPSA) is 112 Å². The fourth-order valence-electron chi connectivity index (χ4n) is 5.21. The molecule has 1 atom stereocenters. The SMILES string of the molecule is CCn1nnc2c(C)c(C(CC(=O)O)c3ccc4c(c3)CN(C(=O)c3ccc(C#N)cc3)CC4)ccc21. The van der Waals surface area contributed by atoms with Crippen LogP contribution < -0.4 is 0 Å². The first-order chi connectivity index (χ1) is 17.9. The summed E-state index contributed by atoms with van der Waals surface area (Å²) in [5.74, 6) is -1.32. The van der Waals surface area contributed by atoms with Gasteiger partial charge in [0.1, 0.15) is 5.52 Å². The van der Waals surface area contributed by atoms with E-state index in [2.05, 4.69) is 22.4 Å². The Hall–Kier alpha value is -4.51. The first-order valence-corrected chi connectivity index (χ1v) is 12.3. The summed E-state index contributed by atoms with van der Waals surface area (Å²) in [6.45, 7) is 5.73. The van der Waals surface area contributed by atoms with E-state index in [9.17, 15) is 14.7 Å². The minimum absolute atomic E-state index is 0.0546. The Morgan fingerprint density at radius 1 is 1.11 bits per heavy atom. The molecule has 0 aliphatic carbocycles. The van der Waals surface area contributed by atoms with E-state index in [-0.39, 0.29) is 18.2 Å². The van der Waals surface area contributed by atoms with E-state index in [4.69, 9.17) is 5.26 Å². The normalized spacial score (nSPS) is 13.7. The molecule has 8 heteroatoms. The molecule has 2 heterocycles. The van der Waals surface area contributed by atoms with Gasteiger partial charge in [0.2, 0.25) is 0 Å². The van der Waals surface area contributed by atoms with E-state index >= 15 is 0 Å².